The Morgan fingerprint density at radius 1 is 0.897 bits per heavy atom. The Balaban J connectivity index is 2.27. The van der Waals surface area contributed by atoms with E-state index < -0.39 is 34.5 Å². The number of carboxylic acid groups (broad SMARTS) is 2. The van der Waals surface area contributed by atoms with Crippen molar-refractivity contribution in [2.45, 2.75) is 0 Å². The summed E-state index contributed by atoms with van der Waals surface area (Å²) in [5.41, 5.74) is -1.05. The van der Waals surface area contributed by atoms with Crippen molar-refractivity contribution >= 4 is 22.9 Å². The van der Waals surface area contributed by atoms with Crippen LogP contribution in [0.1, 0.15) is 20.7 Å². The molecule has 0 unspecified atom stereocenters. The van der Waals surface area contributed by atoms with Crippen LogP contribution in [0.4, 0.5) is 4.39 Å². The van der Waals surface area contributed by atoms with E-state index in [-0.39, 0.29) is 39.0 Å². The molecule has 29 heavy (non-hydrogen) atoms. The normalized spacial score (nSPS) is 11.1. The van der Waals surface area contributed by atoms with Crippen molar-refractivity contribution in [3.05, 3.63) is 75.7 Å². The van der Waals surface area contributed by atoms with Gasteiger partial charge in [0.1, 0.15) is 22.7 Å². The molecule has 7 nitrogen and oxygen atoms in total. The van der Waals surface area contributed by atoms with Crippen molar-refractivity contribution in [3.8, 4) is 28.2 Å². The number of aromatic hydroxyl groups is 1. The average Bonchev–Trinajstić information content (AvgIpc) is 2.67. The summed E-state index contributed by atoms with van der Waals surface area (Å²) in [5, 5.41) is 29.0. The fourth-order valence-electron chi connectivity index (χ4n) is 3.28. The van der Waals surface area contributed by atoms with Gasteiger partial charge >= 0.3 is 11.9 Å². The molecule has 2 aliphatic rings. The van der Waals surface area contributed by atoms with Gasteiger partial charge in [-0.3, -0.25) is 4.79 Å². The third-order valence-electron chi connectivity index (χ3n) is 4.55. The Labute approximate surface area is 161 Å². The molecule has 2 aromatic rings. The number of benzene rings is 3. The molecule has 4 rings (SSSR count). The van der Waals surface area contributed by atoms with Gasteiger partial charge in [-0.1, -0.05) is 18.2 Å². The Morgan fingerprint density at radius 3 is 2.28 bits per heavy atom. The van der Waals surface area contributed by atoms with Crippen molar-refractivity contribution in [2.75, 3.05) is 0 Å². The standard InChI is InChI=1S/C21H11FO7/c22-14-6-13-18(8-16(14)24)29-17-7-15(23)11(21(27)28)5-12(17)19(13)9-3-1-2-4-10(9)20(25)26/h1-8,23H,(H,25,26)(H,27,28). The van der Waals surface area contributed by atoms with Crippen LogP contribution in [0.25, 0.3) is 33.4 Å². The highest BCUT2D eigenvalue weighted by Crippen LogP contribution is 2.43. The largest absolute Gasteiger partial charge is 0.507 e. The van der Waals surface area contributed by atoms with Crippen LogP contribution in [0.15, 0.2) is 57.7 Å². The van der Waals surface area contributed by atoms with Crippen molar-refractivity contribution in [3.63, 3.8) is 0 Å². The number of fused-ring (bicyclic) bond motifs is 2. The van der Waals surface area contributed by atoms with E-state index in [2.05, 4.69) is 0 Å². The first-order chi connectivity index (χ1) is 13.8. The predicted molar refractivity (Wildman–Crippen MR) is 100 cm³/mol. The monoisotopic (exact) mass is 394 g/mol. The topological polar surface area (TPSA) is 125 Å². The lowest BCUT2D eigenvalue weighted by atomic mass is 9.90. The SMILES string of the molecule is O=C(O)c1cc2c(-c3ccccc3C(=O)O)c3cc(F)c(=O)cc-3oc2cc1O. The van der Waals surface area contributed by atoms with Crippen molar-refractivity contribution in [1.29, 1.82) is 0 Å². The molecule has 1 aliphatic carbocycles. The summed E-state index contributed by atoms with van der Waals surface area (Å²) in [6, 6.07) is 9.91. The molecular formula is C21H11FO7. The molecule has 0 bridgehead atoms. The van der Waals surface area contributed by atoms with E-state index in [4.69, 9.17) is 4.42 Å². The molecule has 3 N–H and O–H groups in total. The fraction of sp³-hybridized carbons (Fsp3) is 0. The van der Waals surface area contributed by atoms with Gasteiger partial charge in [0.25, 0.3) is 0 Å². The Morgan fingerprint density at radius 2 is 1.59 bits per heavy atom. The summed E-state index contributed by atoms with van der Waals surface area (Å²) < 4.78 is 19.7. The minimum absolute atomic E-state index is 0.00111. The maximum Gasteiger partial charge on any atom is 0.339 e. The molecule has 0 radical (unpaired) electrons. The molecule has 8 heteroatoms. The van der Waals surface area contributed by atoms with Gasteiger partial charge < -0.3 is 19.7 Å². The van der Waals surface area contributed by atoms with E-state index in [9.17, 15) is 34.1 Å². The van der Waals surface area contributed by atoms with Crippen molar-refractivity contribution in [1.82, 2.24) is 0 Å². The predicted octanol–water partition coefficient (Wildman–Crippen LogP) is 3.81. The zero-order valence-corrected chi connectivity index (χ0v) is 14.5. The molecule has 1 aliphatic heterocycles. The highest BCUT2D eigenvalue weighted by molar-refractivity contribution is 6.09. The molecule has 0 amide bonds. The van der Waals surface area contributed by atoms with E-state index in [1.807, 2.05) is 0 Å². The van der Waals surface area contributed by atoms with Crippen LogP contribution in [-0.4, -0.2) is 27.3 Å². The highest BCUT2D eigenvalue weighted by Gasteiger charge is 2.24. The van der Waals surface area contributed by atoms with Crippen LogP contribution in [0, 0.1) is 5.82 Å². The van der Waals surface area contributed by atoms with E-state index in [1.54, 1.807) is 6.07 Å². The molecular weight excluding hydrogens is 383 g/mol. The van der Waals surface area contributed by atoms with Gasteiger partial charge in [0.2, 0.25) is 5.43 Å². The molecule has 2 aromatic carbocycles. The number of hydrogen-bond donors (Lipinski definition) is 3. The molecule has 0 saturated heterocycles. The van der Waals surface area contributed by atoms with Gasteiger partial charge in [0.15, 0.2) is 5.82 Å². The third kappa shape index (κ3) is 2.87. The van der Waals surface area contributed by atoms with Crippen LogP contribution in [0.5, 0.6) is 5.75 Å². The van der Waals surface area contributed by atoms with E-state index in [1.165, 1.54) is 18.2 Å². The van der Waals surface area contributed by atoms with Gasteiger partial charge in [-0.05, 0) is 23.8 Å². The van der Waals surface area contributed by atoms with E-state index in [0.717, 1.165) is 24.3 Å². The Hall–Kier alpha value is -4.20. The smallest absolute Gasteiger partial charge is 0.339 e. The van der Waals surface area contributed by atoms with Crippen LogP contribution >= 0.6 is 0 Å². The molecule has 0 atom stereocenters. The maximum absolute atomic E-state index is 14.1. The van der Waals surface area contributed by atoms with E-state index in [0.29, 0.717) is 0 Å². The van der Waals surface area contributed by atoms with Crippen LogP contribution < -0.4 is 5.43 Å². The van der Waals surface area contributed by atoms with Gasteiger partial charge in [-0.25, -0.2) is 14.0 Å². The molecule has 0 spiro atoms. The second kappa shape index (κ2) is 6.45. The van der Waals surface area contributed by atoms with Gasteiger partial charge in [-0.15, -0.1) is 0 Å². The summed E-state index contributed by atoms with van der Waals surface area (Å²) in [6.07, 6.45) is 0. The lowest BCUT2D eigenvalue weighted by Gasteiger charge is -2.17. The van der Waals surface area contributed by atoms with Crippen molar-refractivity contribution < 1.29 is 33.7 Å². The lowest BCUT2D eigenvalue weighted by Crippen LogP contribution is -2.08. The number of carboxylic acids is 2. The first-order valence-electron chi connectivity index (χ1n) is 8.27. The fourth-order valence-corrected chi connectivity index (χ4v) is 3.28. The van der Waals surface area contributed by atoms with Gasteiger partial charge in [-0.2, -0.15) is 0 Å². The molecule has 1 heterocycles. The zero-order valence-electron chi connectivity index (χ0n) is 14.5. The summed E-state index contributed by atoms with van der Waals surface area (Å²) >= 11 is 0. The summed E-state index contributed by atoms with van der Waals surface area (Å²) in [5.74, 6) is -4.35. The first kappa shape index (κ1) is 18.2. The van der Waals surface area contributed by atoms with Gasteiger partial charge in [0, 0.05) is 28.6 Å². The maximum atomic E-state index is 14.1. The van der Waals surface area contributed by atoms with Crippen LogP contribution in [-0.2, 0) is 0 Å². The molecule has 144 valence electrons. The molecule has 0 saturated carbocycles. The third-order valence-corrected chi connectivity index (χ3v) is 4.55. The number of rotatable bonds is 3. The quantitative estimate of drug-likeness (QED) is 0.451. The first-order valence-corrected chi connectivity index (χ1v) is 8.27. The molecule has 0 aromatic heterocycles. The summed E-state index contributed by atoms with van der Waals surface area (Å²) in [7, 11) is 0. The lowest BCUT2D eigenvalue weighted by molar-refractivity contribution is 0.0684. The second-order valence-electron chi connectivity index (χ2n) is 6.28. The number of aromatic carboxylic acids is 2. The Kier molecular flexibility index (Phi) is 4.04. The zero-order chi connectivity index (χ0) is 20.9. The minimum atomic E-state index is -1.41. The molecule has 0 fully saturated rings. The average molecular weight is 394 g/mol. The summed E-state index contributed by atoms with van der Waals surface area (Å²) in [6.45, 7) is 0. The van der Waals surface area contributed by atoms with E-state index >= 15 is 0 Å². The highest BCUT2D eigenvalue weighted by atomic mass is 19.1. The summed E-state index contributed by atoms with van der Waals surface area (Å²) in [4.78, 5) is 34.9. The van der Waals surface area contributed by atoms with Crippen molar-refractivity contribution in [2.24, 2.45) is 0 Å². The minimum Gasteiger partial charge on any atom is -0.507 e. The number of hydrogen-bond acceptors (Lipinski definition) is 5. The van der Waals surface area contributed by atoms with Crippen LogP contribution in [0.2, 0.25) is 0 Å². The van der Waals surface area contributed by atoms with Crippen LogP contribution in [0.3, 0.4) is 0 Å². The Bertz CT molecular complexity index is 1350. The number of carbonyl (C=O) groups is 2. The number of halogens is 1. The second-order valence-corrected chi connectivity index (χ2v) is 6.28. The number of phenols is 1. The van der Waals surface area contributed by atoms with Gasteiger partial charge in [0.05, 0.1) is 5.56 Å².